The van der Waals surface area contributed by atoms with Gasteiger partial charge in [0, 0.05) is 16.9 Å². The largest absolute Gasteiger partial charge is 0.270 e. The van der Waals surface area contributed by atoms with Gasteiger partial charge in [-0.1, -0.05) is 41.9 Å². The molecular formula is C14H8ClNO. The van der Waals surface area contributed by atoms with Crippen LogP contribution in [0.25, 0.3) is 17.2 Å². The summed E-state index contributed by atoms with van der Waals surface area (Å²) in [5.41, 5.74) is 1.96. The Morgan fingerprint density at radius 1 is 1.06 bits per heavy atom. The maximum atomic E-state index is 11.2. The highest BCUT2D eigenvalue weighted by molar-refractivity contribution is 6.33. The minimum absolute atomic E-state index is 0.221. The summed E-state index contributed by atoms with van der Waals surface area (Å²) < 4.78 is 0. The second-order valence-electron chi connectivity index (χ2n) is 3.85. The standard InChI is InChI=1S/C14H8ClNO/c15-12-8-13-10(7-14(17)16-13)6-11(12)9-4-2-1-3-5-9/h1-8H. The van der Waals surface area contributed by atoms with Crippen molar-refractivity contribution in [2.45, 2.75) is 0 Å². The van der Waals surface area contributed by atoms with Crippen LogP contribution in [0.1, 0.15) is 0 Å². The molecule has 1 heterocycles. The van der Waals surface area contributed by atoms with E-state index in [0.29, 0.717) is 10.4 Å². The molecule has 0 spiro atoms. The van der Waals surface area contributed by atoms with Crippen molar-refractivity contribution in [3.05, 3.63) is 58.1 Å². The summed E-state index contributed by atoms with van der Waals surface area (Å²) in [5.74, 6) is -0.221. The van der Waals surface area contributed by atoms with Crippen LogP contribution < -0.4 is 10.6 Å². The average Bonchev–Trinajstić information content (AvgIpc) is 2.68. The van der Waals surface area contributed by atoms with E-state index in [4.69, 9.17) is 11.6 Å². The van der Waals surface area contributed by atoms with Crippen LogP contribution in [0, 0.1) is 0 Å². The van der Waals surface area contributed by atoms with Crippen LogP contribution in [-0.2, 0) is 4.79 Å². The number of rotatable bonds is 1. The number of halogens is 1. The predicted octanol–water partition coefficient (Wildman–Crippen LogP) is 1.95. The molecule has 0 N–H and O–H groups in total. The molecule has 2 nitrogen and oxygen atoms in total. The van der Waals surface area contributed by atoms with Crippen molar-refractivity contribution in [2.24, 2.45) is 4.99 Å². The third kappa shape index (κ3) is 1.77. The molecule has 0 atom stereocenters. The molecule has 17 heavy (non-hydrogen) atoms. The monoisotopic (exact) mass is 241 g/mol. The van der Waals surface area contributed by atoms with Gasteiger partial charge in [-0.05, 0) is 17.7 Å². The van der Waals surface area contributed by atoms with Gasteiger partial charge in [-0.3, -0.25) is 4.79 Å². The molecule has 3 rings (SSSR count). The molecule has 0 radical (unpaired) electrons. The van der Waals surface area contributed by atoms with E-state index in [1.54, 1.807) is 6.07 Å². The first-order valence-electron chi connectivity index (χ1n) is 5.23. The SMILES string of the molecule is O=C1C=c2cc(-c3ccccc3)c(Cl)cc2=N1. The van der Waals surface area contributed by atoms with E-state index in [-0.39, 0.29) is 5.91 Å². The molecule has 2 aromatic carbocycles. The number of hydrogen-bond donors (Lipinski definition) is 0. The van der Waals surface area contributed by atoms with Crippen LogP contribution >= 0.6 is 11.6 Å². The minimum atomic E-state index is -0.221. The molecule has 0 bridgehead atoms. The molecule has 3 heteroatoms. The van der Waals surface area contributed by atoms with Crippen LogP contribution in [0.2, 0.25) is 5.02 Å². The van der Waals surface area contributed by atoms with E-state index >= 15 is 0 Å². The molecular weight excluding hydrogens is 234 g/mol. The highest BCUT2D eigenvalue weighted by Gasteiger charge is 2.08. The Hall–Kier alpha value is -1.93. The minimum Gasteiger partial charge on any atom is -0.267 e. The van der Waals surface area contributed by atoms with Crippen LogP contribution in [0.15, 0.2) is 47.5 Å². The first kappa shape index (κ1) is 10.2. The fraction of sp³-hybridized carbons (Fsp3) is 0. The normalized spacial score (nSPS) is 12.9. The Balaban J connectivity index is 2.29. The number of amides is 1. The number of nitrogens with zero attached hydrogens (tertiary/aromatic N) is 1. The van der Waals surface area contributed by atoms with Gasteiger partial charge in [-0.2, -0.15) is 0 Å². The Kier molecular flexibility index (Phi) is 2.30. The molecule has 82 valence electrons. The fourth-order valence-electron chi connectivity index (χ4n) is 1.91. The van der Waals surface area contributed by atoms with Gasteiger partial charge in [0.1, 0.15) is 0 Å². The highest BCUT2D eigenvalue weighted by Crippen LogP contribution is 2.24. The van der Waals surface area contributed by atoms with Gasteiger partial charge in [0.15, 0.2) is 0 Å². The molecule has 0 saturated heterocycles. The first-order chi connectivity index (χ1) is 8.24. The smallest absolute Gasteiger partial charge is 0.267 e. The zero-order valence-electron chi connectivity index (χ0n) is 8.85. The summed E-state index contributed by atoms with van der Waals surface area (Å²) in [7, 11) is 0. The molecule has 1 aliphatic heterocycles. The quantitative estimate of drug-likeness (QED) is 0.750. The number of hydrogen-bond acceptors (Lipinski definition) is 1. The second-order valence-corrected chi connectivity index (χ2v) is 4.26. The lowest BCUT2D eigenvalue weighted by atomic mass is 10.0. The lowest BCUT2D eigenvalue weighted by Crippen LogP contribution is -2.21. The lowest BCUT2D eigenvalue weighted by molar-refractivity contribution is -0.112. The van der Waals surface area contributed by atoms with Gasteiger partial charge >= 0.3 is 0 Å². The lowest BCUT2D eigenvalue weighted by Gasteiger charge is -2.03. The van der Waals surface area contributed by atoms with Crippen LogP contribution in [-0.4, -0.2) is 5.91 Å². The van der Waals surface area contributed by atoms with Gasteiger partial charge in [0.05, 0.1) is 10.4 Å². The third-order valence-electron chi connectivity index (χ3n) is 2.71. The van der Waals surface area contributed by atoms with Crippen LogP contribution in [0.4, 0.5) is 0 Å². The van der Waals surface area contributed by atoms with Gasteiger partial charge < -0.3 is 0 Å². The first-order valence-corrected chi connectivity index (χ1v) is 5.61. The molecule has 0 aromatic heterocycles. The van der Waals surface area contributed by atoms with E-state index in [9.17, 15) is 4.79 Å². The van der Waals surface area contributed by atoms with Crippen molar-refractivity contribution in [3.8, 4) is 11.1 Å². The second kappa shape index (κ2) is 3.82. The molecule has 2 aromatic rings. The Labute approximate surface area is 103 Å². The average molecular weight is 242 g/mol. The molecule has 0 fully saturated rings. The fourth-order valence-corrected chi connectivity index (χ4v) is 2.18. The van der Waals surface area contributed by atoms with Gasteiger partial charge in [0.25, 0.3) is 5.91 Å². The zero-order valence-corrected chi connectivity index (χ0v) is 9.61. The van der Waals surface area contributed by atoms with Crippen molar-refractivity contribution in [2.75, 3.05) is 0 Å². The van der Waals surface area contributed by atoms with Crippen molar-refractivity contribution < 1.29 is 4.79 Å². The predicted molar refractivity (Wildman–Crippen MR) is 67.1 cm³/mol. The summed E-state index contributed by atoms with van der Waals surface area (Å²) in [6.07, 6.45) is 1.53. The zero-order chi connectivity index (χ0) is 11.8. The number of carbonyl (C=O) groups is 1. The van der Waals surface area contributed by atoms with E-state index in [1.807, 2.05) is 36.4 Å². The van der Waals surface area contributed by atoms with Gasteiger partial charge in [-0.15, -0.1) is 0 Å². The third-order valence-corrected chi connectivity index (χ3v) is 3.02. The van der Waals surface area contributed by atoms with E-state index in [0.717, 1.165) is 16.3 Å². The molecule has 1 aliphatic rings. The molecule has 0 aliphatic carbocycles. The van der Waals surface area contributed by atoms with Gasteiger partial charge in [-0.25, -0.2) is 4.99 Å². The van der Waals surface area contributed by atoms with Crippen LogP contribution in [0.5, 0.6) is 0 Å². The van der Waals surface area contributed by atoms with Gasteiger partial charge in [0.2, 0.25) is 0 Å². The summed E-state index contributed by atoms with van der Waals surface area (Å²) >= 11 is 6.20. The van der Waals surface area contributed by atoms with Crippen molar-refractivity contribution >= 4 is 23.6 Å². The van der Waals surface area contributed by atoms with Crippen molar-refractivity contribution in [3.63, 3.8) is 0 Å². The summed E-state index contributed by atoms with van der Waals surface area (Å²) in [6.45, 7) is 0. The summed E-state index contributed by atoms with van der Waals surface area (Å²) in [4.78, 5) is 15.1. The maximum absolute atomic E-state index is 11.2. The number of carbonyl (C=O) groups excluding carboxylic acids is 1. The van der Waals surface area contributed by atoms with E-state index in [2.05, 4.69) is 4.99 Å². The Morgan fingerprint density at radius 3 is 2.59 bits per heavy atom. The molecule has 1 amide bonds. The maximum Gasteiger partial charge on any atom is 0.270 e. The summed E-state index contributed by atoms with van der Waals surface area (Å²) in [5, 5.41) is 2.10. The van der Waals surface area contributed by atoms with Crippen molar-refractivity contribution in [1.29, 1.82) is 0 Å². The molecule has 0 saturated carbocycles. The Morgan fingerprint density at radius 2 is 1.82 bits per heavy atom. The Bertz CT molecular complexity index is 720. The topological polar surface area (TPSA) is 29.4 Å². The van der Waals surface area contributed by atoms with Crippen molar-refractivity contribution in [1.82, 2.24) is 0 Å². The highest BCUT2D eigenvalue weighted by atomic mass is 35.5. The van der Waals surface area contributed by atoms with E-state index in [1.165, 1.54) is 6.08 Å². The number of benzene rings is 2. The van der Waals surface area contributed by atoms with Crippen LogP contribution in [0.3, 0.4) is 0 Å². The summed E-state index contributed by atoms with van der Waals surface area (Å²) in [6, 6.07) is 13.5. The molecule has 0 unspecified atom stereocenters. The van der Waals surface area contributed by atoms with E-state index < -0.39 is 0 Å². The number of fused-ring (bicyclic) bond motifs is 1.